The van der Waals surface area contributed by atoms with E-state index < -0.39 is 5.41 Å². The summed E-state index contributed by atoms with van der Waals surface area (Å²) in [7, 11) is 1.77. The number of hydrogen-bond acceptors (Lipinski definition) is 4. The highest BCUT2D eigenvalue weighted by Gasteiger charge is 2.42. The van der Waals surface area contributed by atoms with Crippen LogP contribution in [0.5, 0.6) is 0 Å². The molecule has 0 aliphatic carbocycles. The summed E-state index contributed by atoms with van der Waals surface area (Å²) >= 11 is 1.44. The standard InChI is InChI=1S/C16H17N3O2S/c1-9-17-12(8-22-9)14(20)18-10-5-6-13-11(7-10)16(2,3)15(21)19(13)4/h5-8H,1-4H3,(H,18,20). The van der Waals surface area contributed by atoms with Crippen molar-refractivity contribution in [2.75, 3.05) is 17.3 Å². The van der Waals surface area contributed by atoms with Gasteiger partial charge in [0.15, 0.2) is 0 Å². The van der Waals surface area contributed by atoms with Gasteiger partial charge in [-0.3, -0.25) is 9.59 Å². The van der Waals surface area contributed by atoms with Crippen LogP contribution in [0.4, 0.5) is 11.4 Å². The van der Waals surface area contributed by atoms with Gasteiger partial charge >= 0.3 is 0 Å². The molecule has 0 spiro atoms. The molecule has 6 heteroatoms. The maximum Gasteiger partial charge on any atom is 0.275 e. The summed E-state index contributed by atoms with van der Waals surface area (Å²) in [5.74, 6) is -0.180. The van der Waals surface area contributed by atoms with Gasteiger partial charge < -0.3 is 10.2 Å². The molecule has 0 fully saturated rings. The molecule has 0 radical (unpaired) electrons. The van der Waals surface area contributed by atoms with Crippen LogP contribution in [0.15, 0.2) is 23.6 Å². The molecule has 0 saturated heterocycles. The first-order valence-corrected chi connectivity index (χ1v) is 7.85. The van der Waals surface area contributed by atoms with E-state index in [1.54, 1.807) is 23.4 Å². The van der Waals surface area contributed by atoms with Gasteiger partial charge in [-0.1, -0.05) is 0 Å². The van der Waals surface area contributed by atoms with Crippen molar-refractivity contribution in [3.8, 4) is 0 Å². The molecule has 0 saturated carbocycles. The van der Waals surface area contributed by atoms with Crippen LogP contribution >= 0.6 is 11.3 Å². The molecule has 1 aliphatic rings. The summed E-state index contributed by atoms with van der Waals surface area (Å²) in [4.78, 5) is 30.3. The topological polar surface area (TPSA) is 62.3 Å². The van der Waals surface area contributed by atoms with Crippen molar-refractivity contribution in [1.29, 1.82) is 0 Å². The smallest absolute Gasteiger partial charge is 0.275 e. The van der Waals surface area contributed by atoms with Crippen molar-refractivity contribution < 1.29 is 9.59 Å². The Morgan fingerprint density at radius 2 is 2.09 bits per heavy atom. The molecule has 1 aliphatic heterocycles. The van der Waals surface area contributed by atoms with E-state index >= 15 is 0 Å². The first kappa shape index (κ1) is 14.7. The molecule has 5 nitrogen and oxygen atoms in total. The highest BCUT2D eigenvalue weighted by molar-refractivity contribution is 7.09. The Labute approximate surface area is 133 Å². The van der Waals surface area contributed by atoms with E-state index in [0.717, 1.165) is 16.3 Å². The molecule has 0 unspecified atom stereocenters. The first-order valence-electron chi connectivity index (χ1n) is 6.97. The number of likely N-dealkylation sites (N-methyl/N-ethyl adjacent to an activating group) is 1. The van der Waals surface area contributed by atoms with Crippen molar-refractivity contribution in [2.24, 2.45) is 0 Å². The van der Waals surface area contributed by atoms with E-state index in [2.05, 4.69) is 10.3 Å². The molecule has 1 aromatic heterocycles. The number of carbonyl (C=O) groups excluding carboxylic acids is 2. The number of amides is 2. The lowest BCUT2D eigenvalue weighted by Crippen LogP contribution is -2.33. The summed E-state index contributed by atoms with van der Waals surface area (Å²) in [5.41, 5.74) is 2.31. The normalized spacial score (nSPS) is 15.8. The lowest BCUT2D eigenvalue weighted by molar-refractivity contribution is -0.121. The number of rotatable bonds is 2. The second-order valence-electron chi connectivity index (χ2n) is 5.93. The van der Waals surface area contributed by atoms with Gasteiger partial charge in [0, 0.05) is 23.8 Å². The minimum absolute atomic E-state index is 0.0566. The van der Waals surface area contributed by atoms with Crippen LogP contribution < -0.4 is 10.2 Å². The summed E-state index contributed by atoms with van der Waals surface area (Å²) in [6, 6.07) is 5.54. The van der Waals surface area contributed by atoms with Gasteiger partial charge in [-0.15, -0.1) is 11.3 Å². The van der Waals surface area contributed by atoms with E-state index in [9.17, 15) is 9.59 Å². The largest absolute Gasteiger partial charge is 0.321 e. The molecule has 2 heterocycles. The highest BCUT2D eigenvalue weighted by atomic mass is 32.1. The van der Waals surface area contributed by atoms with Crippen LogP contribution in [-0.2, 0) is 10.2 Å². The summed E-state index contributed by atoms with van der Waals surface area (Å²) < 4.78 is 0. The molecule has 3 rings (SSSR count). The number of benzene rings is 1. The van der Waals surface area contributed by atoms with Gasteiger partial charge in [0.05, 0.1) is 10.4 Å². The number of hydrogen-bond donors (Lipinski definition) is 1. The third-order valence-electron chi connectivity index (χ3n) is 3.98. The number of nitrogens with zero attached hydrogens (tertiary/aromatic N) is 2. The fraction of sp³-hybridized carbons (Fsp3) is 0.312. The SMILES string of the molecule is Cc1nc(C(=O)Nc2ccc3c(c2)C(C)(C)C(=O)N3C)cs1. The molecule has 1 aromatic carbocycles. The molecule has 0 bridgehead atoms. The van der Waals surface area contributed by atoms with Crippen molar-refractivity contribution in [1.82, 2.24) is 4.98 Å². The van der Waals surface area contributed by atoms with E-state index in [0.29, 0.717) is 11.4 Å². The Morgan fingerprint density at radius 3 is 2.73 bits per heavy atom. The summed E-state index contributed by atoms with van der Waals surface area (Å²) in [6.45, 7) is 5.65. The molecule has 2 aromatic rings. The number of carbonyl (C=O) groups is 2. The first-order chi connectivity index (χ1) is 10.3. The molecular weight excluding hydrogens is 298 g/mol. The van der Waals surface area contributed by atoms with Gasteiger partial charge in [0.1, 0.15) is 5.69 Å². The summed E-state index contributed by atoms with van der Waals surface area (Å²) in [6.07, 6.45) is 0. The maximum absolute atomic E-state index is 12.3. The van der Waals surface area contributed by atoms with E-state index in [1.807, 2.05) is 32.9 Å². The van der Waals surface area contributed by atoms with Gasteiger partial charge in [-0.05, 0) is 44.5 Å². The van der Waals surface area contributed by atoms with Crippen LogP contribution in [0.3, 0.4) is 0 Å². The fourth-order valence-corrected chi connectivity index (χ4v) is 3.31. The zero-order valence-corrected chi connectivity index (χ0v) is 13.7. The minimum atomic E-state index is -0.581. The Bertz CT molecular complexity index is 779. The number of nitrogens with one attached hydrogen (secondary N) is 1. The Balaban J connectivity index is 1.91. The lowest BCUT2D eigenvalue weighted by atomic mass is 9.86. The third kappa shape index (κ3) is 2.20. The molecule has 22 heavy (non-hydrogen) atoms. The lowest BCUT2D eigenvalue weighted by Gasteiger charge is -2.16. The molecule has 0 atom stereocenters. The Hall–Kier alpha value is -2.21. The Kier molecular flexibility index (Phi) is 3.29. The Morgan fingerprint density at radius 1 is 1.36 bits per heavy atom. The van der Waals surface area contributed by atoms with Crippen LogP contribution in [0, 0.1) is 6.92 Å². The number of aryl methyl sites for hydroxylation is 1. The molecular formula is C16H17N3O2S. The highest BCUT2D eigenvalue weighted by Crippen LogP contribution is 2.41. The average Bonchev–Trinajstić information content (AvgIpc) is 2.97. The van der Waals surface area contributed by atoms with E-state index in [4.69, 9.17) is 0 Å². The second-order valence-corrected chi connectivity index (χ2v) is 6.99. The quantitative estimate of drug-likeness (QED) is 0.927. The van der Waals surface area contributed by atoms with Crippen LogP contribution in [-0.4, -0.2) is 23.8 Å². The molecule has 1 N–H and O–H groups in total. The average molecular weight is 315 g/mol. The van der Waals surface area contributed by atoms with Crippen molar-refractivity contribution in [2.45, 2.75) is 26.2 Å². The number of fused-ring (bicyclic) bond motifs is 1. The van der Waals surface area contributed by atoms with E-state index in [-0.39, 0.29) is 11.8 Å². The van der Waals surface area contributed by atoms with Crippen molar-refractivity contribution in [3.05, 3.63) is 39.8 Å². The van der Waals surface area contributed by atoms with Gasteiger partial charge in [0.2, 0.25) is 5.91 Å². The maximum atomic E-state index is 12.3. The molecule has 114 valence electrons. The summed E-state index contributed by atoms with van der Waals surface area (Å²) in [5, 5.41) is 5.43. The van der Waals surface area contributed by atoms with E-state index in [1.165, 1.54) is 11.3 Å². The minimum Gasteiger partial charge on any atom is -0.321 e. The van der Waals surface area contributed by atoms with Gasteiger partial charge in [0.25, 0.3) is 5.91 Å². The van der Waals surface area contributed by atoms with Gasteiger partial charge in [-0.25, -0.2) is 4.98 Å². The fourth-order valence-electron chi connectivity index (χ4n) is 2.71. The zero-order chi connectivity index (χ0) is 16.1. The van der Waals surface area contributed by atoms with Gasteiger partial charge in [-0.2, -0.15) is 0 Å². The van der Waals surface area contributed by atoms with Crippen LogP contribution in [0.25, 0.3) is 0 Å². The number of anilines is 2. The van der Waals surface area contributed by atoms with Crippen LogP contribution in [0.2, 0.25) is 0 Å². The number of thiazole rings is 1. The number of aromatic nitrogens is 1. The van der Waals surface area contributed by atoms with Crippen LogP contribution in [0.1, 0.15) is 34.9 Å². The molecule has 2 amide bonds. The second kappa shape index (κ2) is 4.91. The monoisotopic (exact) mass is 315 g/mol. The van der Waals surface area contributed by atoms with Crippen molar-refractivity contribution >= 4 is 34.5 Å². The predicted octanol–water partition coefficient (Wildman–Crippen LogP) is 2.96. The van der Waals surface area contributed by atoms with Crippen molar-refractivity contribution in [3.63, 3.8) is 0 Å². The zero-order valence-electron chi connectivity index (χ0n) is 12.9. The third-order valence-corrected chi connectivity index (χ3v) is 4.75. The predicted molar refractivity (Wildman–Crippen MR) is 87.7 cm³/mol.